The Morgan fingerprint density at radius 1 is 1.14 bits per heavy atom. The lowest BCUT2D eigenvalue weighted by atomic mass is 9.87. The van der Waals surface area contributed by atoms with E-state index >= 15 is 8.78 Å². The van der Waals surface area contributed by atoms with Crippen LogP contribution in [0.4, 0.5) is 20.4 Å². The Labute approximate surface area is 205 Å². The number of pyridine rings is 1. The van der Waals surface area contributed by atoms with E-state index in [1.54, 1.807) is 6.07 Å². The lowest BCUT2D eigenvalue weighted by Crippen LogP contribution is -2.42. The third-order valence-electron chi connectivity index (χ3n) is 6.65. The molecule has 12 heteroatoms. The smallest absolute Gasteiger partial charge is 0.327 e. The van der Waals surface area contributed by atoms with Crippen LogP contribution < -0.4 is 21.8 Å². The van der Waals surface area contributed by atoms with E-state index in [2.05, 4.69) is 15.0 Å². The van der Waals surface area contributed by atoms with E-state index in [0.717, 1.165) is 12.1 Å². The summed E-state index contributed by atoms with van der Waals surface area (Å²) in [4.78, 5) is 47.9. The summed E-state index contributed by atoms with van der Waals surface area (Å²) in [6.07, 6.45) is 2.68. The number of rotatable bonds is 4. The lowest BCUT2D eigenvalue weighted by molar-refractivity contribution is -0.138. The number of nitrogens with zero attached hydrogens (tertiary/aromatic N) is 2. The molecule has 2 atom stereocenters. The molecule has 1 aliphatic heterocycles. The number of hydrogen-bond acceptors (Lipinski definition) is 7. The second kappa shape index (κ2) is 8.01. The van der Waals surface area contributed by atoms with Crippen molar-refractivity contribution in [2.75, 3.05) is 10.6 Å². The fourth-order valence-corrected chi connectivity index (χ4v) is 5.12. The topological polar surface area (TPSA) is 158 Å². The Bertz CT molecular complexity index is 1860. The highest BCUT2D eigenvalue weighted by Crippen LogP contribution is 2.49. The maximum absolute atomic E-state index is 15.2. The fraction of sp³-hybridized carbons (Fsp3) is 0.120. The molecule has 0 radical (unpaired) electrons. The standard InChI is InChI=1S/C25H17F2N5O5/c26-14-7-16-13(23(34)31-25(28)30-16)6-10(14)9-32-17-8-15(27)11-3-5-37-21(11)19(17)18(20(32)24(35)36)12-2-1-4-29-22(12)33/h1-8,18,20H,9H2,(H,29,33)(H,35,36)(H3,28,30,31,34). The van der Waals surface area contributed by atoms with Crippen molar-refractivity contribution in [3.8, 4) is 0 Å². The predicted octanol–water partition coefficient (Wildman–Crippen LogP) is 2.82. The van der Waals surface area contributed by atoms with Crippen LogP contribution in [0.3, 0.4) is 0 Å². The van der Waals surface area contributed by atoms with Crippen LogP contribution in [0.15, 0.2) is 62.9 Å². The van der Waals surface area contributed by atoms with Crippen LogP contribution in [-0.2, 0) is 11.3 Å². The van der Waals surface area contributed by atoms with E-state index < -0.39 is 40.7 Å². The number of aromatic nitrogens is 3. The molecule has 3 aromatic heterocycles. The van der Waals surface area contributed by atoms with Crippen LogP contribution in [0, 0.1) is 11.6 Å². The van der Waals surface area contributed by atoms with Gasteiger partial charge in [0.15, 0.2) is 0 Å². The van der Waals surface area contributed by atoms with Gasteiger partial charge in [0.25, 0.3) is 11.1 Å². The van der Waals surface area contributed by atoms with Gasteiger partial charge >= 0.3 is 5.97 Å². The maximum Gasteiger partial charge on any atom is 0.327 e. The molecule has 5 aromatic rings. The number of nitrogens with one attached hydrogen (secondary N) is 2. The Kier molecular flexibility index (Phi) is 4.87. The lowest BCUT2D eigenvalue weighted by Gasteiger charge is -2.27. The minimum atomic E-state index is -1.42. The maximum atomic E-state index is 15.2. The second-order valence-corrected chi connectivity index (χ2v) is 8.71. The Balaban J connectivity index is 1.60. The van der Waals surface area contributed by atoms with Gasteiger partial charge in [0.2, 0.25) is 5.95 Å². The van der Waals surface area contributed by atoms with Gasteiger partial charge in [-0.05, 0) is 24.3 Å². The molecule has 1 aliphatic rings. The number of nitrogens with two attached hydrogens (primary N) is 1. The van der Waals surface area contributed by atoms with Crippen molar-refractivity contribution < 1.29 is 23.1 Å². The molecule has 2 aromatic carbocycles. The number of benzene rings is 2. The Hall–Kier alpha value is -5.00. The van der Waals surface area contributed by atoms with Crippen LogP contribution in [-0.4, -0.2) is 32.1 Å². The number of nitrogen functional groups attached to an aromatic ring is 1. The van der Waals surface area contributed by atoms with Gasteiger partial charge in [0.05, 0.1) is 28.5 Å². The predicted molar refractivity (Wildman–Crippen MR) is 129 cm³/mol. The van der Waals surface area contributed by atoms with Crippen molar-refractivity contribution >= 4 is 39.5 Å². The van der Waals surface area contributed by atoms with Crippen molar-refractivity contribution in [3.63, 3.8) is 0 Å². The first kappa shape index (κ1) is 22.5. The first-order valence-corrected chi connectivity index (χ1v) is 11.1. The van der Waals surface area contributed by atoms with Crippen molar-refractivity contribution in [2.45, 2.75) is 18.5 Å². The van der Waals surface area contributed by atoms with E-state index in [4.69, 9.17) is 10.2 Å². The van der Waals surface area contributed by atoms with Gasteiger partial charge in [-0.1, -0.05) is 6.07 Å². The summed E-state index contributed by atoms with van der Waals surface area (Å²) in [5, 5.41) is 10.5. The number of fused-ring (bicyclic) bond motifs is 4. The molecule has 0 amide bonds. The Morgan fingerprint density at radius 3 is 2.70 bits per heavy atom. The van der Waals surface area contributed by atoms with Crippen molar-refractivity contribution in [1.82, 2.24) is 15.0 Å². The zero-order valence-electron chi connectivity index (χ0n) is 18.8. The van der Waals surface area contributed by atoms with E-state index in [9.17, 15) is 19.5 Å². The largest absolute Gasteiger partial charge is 0.480 e. The number of H-pyrrole nitrogens is 2. The number of aromatic amines is 2. The van der Waals surface area contributed by atoms with E-state index in [1.807, 2.05) is 0 Å². The summed E-state index contributed by atoms with van der Waals surface area (Å²) in [6.45, 7) is -0.359. The summed E-state index contributed by atoms with van der Waals surface area (Å²) >= 11 is 0. The molecule has 0 saturated heterocycles. The van der Waals surface area contributed by atoms with Gasteiger partial charge < -0.3 is 25.1 Å². The summed E-state index contributed by atoms with van der Waals surface area (Å²) in [6, 6.07) is 6.44. The molecule has 4 heterocycles. The quantitative estimate of drug-likeness (QED) is 0.290. The number of carbonyl (C=O) groups is 1. The third-order valence-corrected chi connectivity index (χ3v) is 6.65. The SMILES string of the molecule is Nc1nc2cc(F)c(CN3c4cc(F)c5ccoc5c4C(c4ccc[nH]c4=O)C3C(=O)O)cc2c(=O)[nH]1. The molecular formula is C25H17F2N5O5. The molecule has 0 bridgehead atoms. The van der Waals surface area contributed by atoms with Gasteiger partial charge in [0.1, 0.15) is 23.3 Å². The van der Waals surface area contributed by atoms with Crippen LogP contribution in [0.25, 0.3) is 21.9 Å². The zero-order valence-corrected chi connectivity index (χ0v) is 18.8. The van der Waals surface area contributed by atoms with Crippen molar-refractivity contribution in [2.24, 2.45) is 0 Å². The zero-order chi connectivity index (χ0) is 26.0. The highest BCUT2D eigenvalue weighted by atomic mass is 19.1. The van der Waals surface area contributed by atoms with Gasteiger partial charge in [-0.15, -0.1) is 0 Å². The monoisotopic (exact) mass is 505 g/mol. The van der Waals surface area contributed by atoms with Crippen LogP contribution in [0.1, 0.15) is 22.6 Å². The van der Waals surface area contributed by atoms with E-state index in [1.165, 1.54) is 35.6 Å². The molecule has 0 fully saturated rings. The molecule has 0 aliphatic carbocycles. The molecule has 0 saturated carbocycles. The molecule has 186 valence electrons. The molecule has 10 nitrogen and oxygen atoms in total. The highest BCUT2D eigenvalue weighted by Gasteiger charge is 2.47. The number of carboxylic acids is 1. The normalized spacial score (nSPS) is 17.0. The number of halogens is 2. The Morgan fingerprint density at radius 2 is 1.95 bits per heavy atom. The summed E-state index contributed by atoms with van der Waals surface area (Å²) in [5.41, 5.74) is 5.04. The first-order valence-electron chi connectivity index (χ1n) is 11.1. The van der Waals surface area contributed by atoms with E-state index in [-0.39, 0.29) is 51.2 Å². The third kappa shape index (κ3) is 3.37. The molecule has 0 spiro atoms. The fourth-order valence-electron chi connectivity index (χ4n) is 5.12. The summed E-state index contributed by atoms with van der Waals surface area (Å²) in [5.74, 6) is -4.01. The minimum absolute atomic E-state index is 0.0242. The van der Waals surface area contributed by atoms with Crippen LogP contribution in [0.2, 0.25) is 0 Å². The van der Waals surface area contributed by atoms with Gasteiger partial charge in [-0.2, -0.15) is 0 Å². The van der Waals surface area contributed by atoms with Gasteiger partial charge in [0, 0.05) is 41.2 Å². The number of hydrogen-bond donors (Lipinski definition) is 4. The van der Waals surface area contributed by atoms with Crippen LogP contribution in [0.5, 0.6) is 0 Å². The highest BCUT2D eigenvalue weighted by molar-refractivity contribution is 5.94. The number of anilines is 2. The van der Waals surface area contributed by atoms with Crippen molar-refractivity contribution in [3.05, 3.63) is 97.9 Å². The minimum Gasteiger partial charge on any atom is -0.480 e. The second-order valence-electron chi connectivity index (χ2n) is 8.71. The molecular weight excluding hydrogens is 488 g/mol. The first-order chi connectivity index (χ1) is 17.7. The number of aliphatic carboxylic acids is 1. The van der Waals surface area contributed by atoms with Crippen molar-refractivity contribution in [1.29, 1.82) is 0 Å². The number of furan rings is 1. The van der Waals surface area contributed by atoms with Gasteiger partial charge in [-0.25, -0.2) is 18.6 Å². The average Bonchev–Trinajstić information content (AvgIpc) is 3.44. The average molecular weight is 505 g/mol. The molecule has 2 unspecified atom stereocenters. The molecule has 6 rings (SSSR count). The summed E-state index contributed by atoms with van der Waals surface area (Å²) in [7, 11) is 0. The van der Waals surface area contributed by atoms with Gasteiger partial charge in [-0.3, -0.25) is 14.6 Å². The molecule has 5 N–H and O–H groups in total. The van der Waals surface area contributed by atoms with Crippen LogP contribution >= 0.6 is 0 Å². The summed E-state index contributed by atoms with van der Waals surface area (Å²) < 4.78 is 35.8. The number of carboxylic acid groups (broad SMARTS) is 1. The van der Waals surface area contributed by atoms with E-state index in [0.29, 0.717) is 5.56 Å². The molecule has 37 heavy (non-hydrogen) atoms.